The zero-order chi connectivity index (χ0) is 14.8. The minimum absolute atomic E-state index is 0.154. The smallest absolute Gasteiger partial charge is 0.416 e. The Morgan fingerprint density at radius 2 is 1.95 bits per heavy atom. The first-order chi connectivity index (χ1) is 9.41. The Balaban J connectivity index is 2.22. The van der Waals surface area contributed by atoms with Crippen LogP contribution in [0.5, 0.6) is 0 Å². The van der Waals surface area contributed by atoms with Gasteiger partial charge in [0.05, 0.1) is 17.9 Å². The van der Waals surface area contributed by atoms with Crippen molar-refractivity contribution in [3.8, 4) is 11.3 Å². The number of benzene rings is 1. The largest absolute Gasteiger partial charge is 0.461 e. The molecule has 2 aromatic rings. The van der Waals surface area contributed by atoms with Crippen molar-refractivity contribution in [2.24, 2.45) is 0 Å². The molecule has 1 heterocycles. The maximum absolute atomic E-state index is 12.4. The third-order valence-electron chi connectivity index (χ3n) is 2.58. The summed E-state index contributed by atoms with van der Waals surface area (Å²) in [6.45, 7) is 1.90. The SMILES string of the molecule is CCOC(=O)c1cc(-c2ccc(C(F)(F)F)cc2)n[nH]1. The fourth-order valence-corrected chi connectivity index (χ4v) is 1.61. The van der Waals surface area contributed by atoms with Crippen LogP contribution in [-0.4, -0.2) is 22.8 Å². The number of rotatable bonds is 3. The number of carbonyl (C=O) groups excluding carboxylic acids is 1. The van der Waals surface area contributed by atoms with Crippen molar-refractivity contribution in [2.75, 3.05) is 6.61 Å². The molecule has 1 N–H and O–H groups in total. The van der Waals surface area contributed by atoms with Crippen molar-refractivity contribution in [3.05, 3.63) is 41.6 Å². The van der Waals surface area contributed by atoms with E-state index in [2.05, 4.69) is 10.2 Å². The molecule has 0 aliphatic carbocycles. The average Bonchev–Trinajstić information content (AvgIpc) is 2.88. The summed E-state index contributed by atoms with van der Waals surface area (Å²) in [6, 6.07) is 5.96. The van der Waals surface area contributed by atoms with Gasteiger partial charge in [-0.15, -0.1) is 0 Å². The summed E-state index contributed by atoms with van der Waals surface area (Å²) in [5, 5.41) is 6.36. The van der Waals surface area contributed by atoms with Gasteiger partial charge in [-0.2, -0.15) is 18.3 Å². The number of hydrogen-bond donors (Lipinski definition) is 1. The zero-order valence-corrected chi connectivity index (χ0v) is 10.5. The van der Waals surface area contributed by atoms with Crippen LogP contribution in [0.1, 0.15) is 23.0 Å². The van der Waals surface area contributed by atoms with E-state index in [0.29, 0.717) is 11.3 Å². The second-order valence-electron chi connectivity index (χ2n) is 3.96. The van der Waals surface area contributed by atoms with Gasteiger partial charge >= 0.3 is 12.1 Å². The number of aromatic nitrogens is 2. The number of esters is 1. The summed E-state index contributed by atoms with van der Waals surface area (Å²) in [6.07, 6.45) is -4.37. The molecule has 106 valence electrons. The normalized spacial score (nSPS) is 11.4. The van der Waals surface area contributed by atoms with E-state index in [4.69, 9.17) is 4.74 Å². The maximum atomic E-state index is 12.4. The molecule has 7 heteroatoms. The molecule has 0 saturated heterocycles. The number of ether oxygens (including phenoxy) is 1. The third-order valence-corrected chi connectivity index (χ3v) is 2.58. The number of nitrogens with zero attached hydrogens (tertiary/aromatic N) is 1. The van der Waals surface area contributed by atoms with Crippen molar-refractivity contribution >= 4 is 5.97 Å². The predicted octanol–water partition coefficient (Wildman–Crippen LogP) is 3.27. The molecule has 0 atom stereocenters. The van der Waals surface area contributed by atoms with Crippen molar-refractivity contribution in [2.45, 2.75) is 13.1 Å². The Morgan fingerprint density at radius 1 is 1.30 bits per heavy atom. The molecular formula is C13H11F3N2O2. The quantitative estimate of drug-likeness (QED) is 0.880. The van der Waals surface area contributed by atoms with Crippen molar-refractivity contribution in [1.29, 1.82) is 0 Å². The second kappa shape index (κ2) is 5.36. The summed E-state index contributed by atoms with van der Waals surface area (Å²) in [5.41, 5.74) is 0.274. The van der Waals surface area contributed by atoms with Crippen molar-refractivity contribution < 1.29 is 22.7 Å². The average molecular weight is 284 g/mol. The van der Waals surface area contributed by atoms with Crippen LogP contribution < -0.4 is 0 Å². The van der Waals surface area contributed by atoms with E-state index in [-0.39, 0.29) is 12.3 Å². The van der Waals surface area contributed by atoms with Gasteiger partial charge < -0.3 is 4.74 Å². The van der Waals surface area contributed by atoms with Gasteiger partial charge in [-0.3, -0.25) is 5.10 Å². The van der Waals surface area contributed by atoms with Crippen molar-refractivity contribution in [1.82, 2.24) is 10.2 Å². The molecular weight excluding hydrogens is 273 g/mol. The molecule has 0 saturated carbocycles. The fraction of sp³-hybridized carbons (Fsp3) is 0.231. The van der Waals surface area contributed by atoms with E-state index in [1.54, 1.807) is 6.92 Å². The lowest BCUT2D eigenvalue weighted by molar-refractivity contribution is -0.137. The number of alkyl halides is 3. The summed E-state index contributed by atoms with van der Waals surface area (Å²) in [5.74, 6) is -0.557. The van der Waals surface area contributed by atoms with Crippen LogP contribution in [0.4, 0.5) is 13.2 Å². The molecule has 0 unspecified atom stereocenters. The van der Waals surface area contributed by atoms with Gasteiger partial charge in [0.1, 0.15) is 5.69 Å². The molecule has 0 aliphatic rings. The molecule has 0 spiro atoms. The summed E-state index contributed by atoms with van der Waals surface area (Å²) in [4.78, 5) is 11.4. The summed E-state index contributed by atoms with van der Waals surface area (Å²) >= 11 is 0. The van der Waals surface area contributed by atoms with Crippen LogP contribution in [0.25, 0.3) is 11.3 Å². The van der Waals surface area contributed by atoms with Crippen molar-refractivity contribution in [3.63, 3.8) is 0 Å². The van der Waals surface area contributed by atoms with E-state index >= 15 is 0 Å². The number of carbonyl (C=O) groups is 1. The molecule has 20 heavy (non-hydrogen) atoms. The molecule has 2 rings (SSSR count). The second-order valence-corrected chi connectivity index (χ2v) is 3.96. The third kappa shape index (κ3) is 2.98. The van der Waals surface area contributed by atoms with E-state index < -0.39 is 17.7 Å². The Hall–Kier alpha value is -2.31. The molecule has 0 radical (unpaired) electrons. The van der Waals surface area contributed by atoms with Crippen LogP contribution in [-0.2, 0) is 10.9 Å². The molecule has 1 aromatic carbocycles. The number of hydrogen-bond acceptors (Lipinski definition) is 3. The van der Waals surface area contributed by atoms with Crippen LogP contribution in [0, 0.1) is 0 Å². The van der Waals surface area contributed by atoms with Gasteiger partial charge in [0.2, 0.25) is 0 Å². The monoisotopic (exact) mass is 284 g/mol. The van der Waals surface area contributed by atoms with Gasteiger partial charge in [0.25, 0.3) is 0 Å². The molecule has 0 fully saturated rings. The van der Waals surface area contributed by atoms with Gasteiger partial charge in [0, 0.05) is 5.56 Å². The minimum Gasteiger partial charge on any atom is -0.461 e. The maximum Gasteiger partial charge on any atom is 0.416 e. The first-order valence-corrected chi connectivity index (χ1v) is 5.82. The first-order valence-electron chi connectivity index (χ1n) is 5.82. The molecule has 0 amide bonds. The van der Waals surface area contributed by atoms with E-state index in [1.165, 1.54) is 18.2 Å². The standard InChI is InChI=1S/C13H11F3N2O2/c1-2-20-12(19)11-7-10(17-18-11)8-3-5-9(6-4-8)13(14,15)16/h3-7H,2H2,1H3,(H,17,18). The van der Waals surface area contributed by atoms with Crippen LogP contribution in [0.15, 0.2) is 30.3 Å². The van der Waals surface area contributed by atoms with E-state index in [1.807, 2.05) is 0 Å². The van der Waals surface area contributed by atoms with Crippen LogP contribution in [0.2, 0.25) is 0 Å². The highest BCUT2D eigenvalue weighted by Gasteiger charge is 2.30. The number of H-pyrrole nitrogens is 1. The Labute approximate surface area is 112 Å². The number of aromatic amines is 1. The highest BCUT2D eigenvalue weighted by molar-refractivity contribution is 5.88. The molecule has 0 bridgehead atoms. The van der Waals surface area contributed by atoms with Crippen LogP contribution >= 0.6 is 0 Å². The number of halogens is 3. The fourth-order valence-electron chi connectivity index (χ4n) is 1.61. The molecule has 1 aromatic heterocycles. The Morgan fingerprint density at radius 3 is 2.50 bits per heavy atom. The predicted molar refractivity (Wildman–Crippen MR) is 65.0 cm³/mol. The topological polar surface area (TPSA) is 55.0 Å². The van der Waals surface area contributed by atoms with Gasteiger partial charge in [0.15, 0.2) is 0 Å². The van der Waals surface area contributed by atoms with Gasteiger partial charge in [-0.25, -0.2) is 4.79 Å². The van der Waals surface area contributed by atoms with Crippen LogP contribution in [0.3, 0.4) is 0 Å². The minimum atomic E-state index is -4.37. The highest BCUT2D eigenvalue weighted by Crippen LogP contribution is 2.30. The molecule has 0 aliphatic heterocycles. The van der Waals surface area contributed by atoms with Gasteiger partial charge in [-0.05, 0) is 25.1 Å². The summed E-state index contributed by atoms with van der Waals surface area (Å²) < 4.78 is 42.1. The number of nitrogens with one attached hydrogen (secondary N) is 1. The zero-order valence-electron chi connectivity index (χ0n) is 10.5. The summed E-state index contributed by atoms with van der Waals surface area (Å²) in [7, 11) is 0. The highest BCUT2D eigenvalue weighted by atomic mass is 19.4. The first kappa shape index (κ1) is 14.1. The van der Waals surface area contributed by atoms with Gasteiger partial charge in [-0.1, -0.05) is 12.1 Å². The van der Waals surface area contributed by atoms with E-state index in [0.717, 1.165) is 12.1 Å². The Kier molecular flexibility index (Phi) is 3.78. The lowest BCUT2D eigenvalue weighted by Crippen LogP contribution is -2.04. The Bertz CT molecular complexity index is 603. The van der Waals surface area contributed by atoms with E-state index in [9.17, 15) is 18.0 Å². The molecule has 4 nitrogen and oxygen atoms in total. The lowest BCUT2D eigenvalue weighted by atomic mass is 10.1. The lowest BCUT2D eigenvalue weighted by Gasteiger charge is -2.06.